The van der Waals surface area contributed by atoms with E-state index in [-0.39, 0.29) is 5.82 Å². The highest BCUT2D eigenvalue weighted by Gasteiger charge is 2.62. The molecule has 25 heavy (non-hydrogen) atoms. The minimum absolute atomic E-state index is 0.322. The first-order valence-electron chi connectivity index (χ1n) is 8.82. The Hall–Kier alpha value is -2.01. The van der Waals surface area contributed by atoms with Gasteiger partial charge in [0.05, 0.1) is 22.5 Å². The molecular formula is C20H24FN3O. The molecular weight excluding hydrogens is 317 g/mol. The van der Waals surface area contributed by atoms with Gasteiger partial charge in [-0.2, -0.15) is 0 Å². The maximum Gasteiger partial charge on any atom is 0.134 e. The van der Waals surface area contributed by atoms with Gasteiger partial charge in [0.15, 0.2) is 0 Å². The number of hydrogen-bond acceptors (Lipinski definition) is 4. The number of aromatic nitrogens is 2. The van der Waals surface area contributed by atoms with Crippen molar-refractivity contribution in [1.29, 1.82) is 0 Å². The summed E-state index contributed by atoms with van der Waals surface area (Å²) < 4.78 is 14.9. The van der Waals surface area contributed by atoms with Crippen LogP contribution in [0, 0.1) is 12.7 Å². The van der Waals surface area contributed by atoms with E-state index in [2.05, 4.69) is 22.2 Å². The lowest BCUT2D eigenvalue weighted by molar-refractivity contribution is -0.0628. The fourth-order valence-electron chi connectivity index (χ4n) is 4.97. The number of halogens is 1. The Morgan fingerprint density at radius 1 is 1.12 bits per heavy atom. The molecule has 1 aromatic carbocycles. The third-order valence-corrected chi connectivity index (χ3v) is 6.45. The number of rotatable bonds is 1. The summed E-state index contributed by atoms with van der Waals surface area (Å²) in [7, 11) is 0. The molecule has 0 spiro atoms. The Labute approximate surface area is 147 Å². The molecule has 2 atom stereocenters. The standard InChI is InChI=1S/C20H24FN3O/c1-12-17(23-9-8-22-12)13-10-14-16(11-15(13)21)24-18(2,3)20(25)7-5-6-19(14,20)4/h8-11,24-25H,5-7H2,1-4H3. The van der Waals surface area contributed by atoms with Crippen molar-refractivity contribution in [3.8, 4) is 11.3 Å². The summed E-state index contributed by atoms with van der Waals surface area (Å²) in [4.78, 5) is 8.56. The largest absolute Gasteiger partial charge is 0.387 e. The van der Waals surface area contributed by atoms with Gasteiger partial charge < -0.3 is 10.4 Å². The summed E-state index contributed by atoms with van der Waals surface area (Å²) >= 11 is 0. The van der Waals surface area contributed by atoms with Gasteiger partial charge in [0.25, 0.3) is 0 Å². The maximum atomic E-state index is 14.9. The van der Waals surface area contributed by atoms with Gasteiger partial charge in [0.1, 0.15) is 5.82 Å². The molecule has 2 aliphatic rings. The molecule has 1 aromatic heterocycles. The van der Waals surface area contributed by atoms with Gasteiger partial charge in [-0.05, 0) is 57.7 Å². The van der Waals surface area contributed by atoms with E-state index < -0.39 is 16.6 Å². The van der Waals surface area contributed by atoms with Crippen LogP contribution >= 0.6 is 0 Å². The number of aliphatic hydroxyl groups is 1. The van der Waals surface area contributed by atoms with E-state index >= 15 is 0 Å². The molecule has 1 saturated carbocycles. The first kappa shape index (κ1) is 16.5. The van der Waals surface area contributed by atoms with E-state index in [1.165, 1.54) is 0 Å². The molecule has 2 unspecified atom stereocenters. The average molecular weight is 341 g/mol. The first-order chi connectivity index (χ1) is 11.7. The molecule has 5 heteroatoms. The number of aryl methyl sites for hydroxylation is 1. The Morgan fingerprint density at radius 2 is 1.84 bits per heavy atom. The second-order valence-electron chi connectivity index (χ2n) is 8.16. The SMILES string of the molecule is Cc1nccnc1-c1cc2c(cc1F)NC(C)(C)C1(O)CCCC21C. The fraction of sp³-hybridized carbons (Fsp3) is 0.500. The molecule has 0 bridgehead atoms. The van der Waals surface area contributed by atoms with Crippen molar-refractivity contribution in [3.05, 3.63) is 41.6 Å². The van der Waals surface area contributed by atoms with Crippen LogP contribution in [-0.2, 0) is 5.41 Å². The fourth-order valence-corrected chi connectivity index (χ4v) is 4.97. The molecule has 2 aromatic rings. The highest BCUT2D eigenvalue weighted by atomic mass is 19.1. The number of fused-ring (bicyclic) bond motifs is 3. The number of benzene rings is 1. The smallest absolute Gasteiger partial charge is 0.134 e. The summed E-state index contributed by atoms with van der Waals surface area (Å²) in [6.07, 6.45) is 5.76. The molecule has 132 valence electrons. The number of anilines is 1. The van der Waals surface area contributed by atoms with Crippen molar-refractivity contribution in [2.24, 2.45) is 0 Å². The highest BCUT2D eigenvalue weighted by molar-refractivity contribution is 5.72. The van der Waals surface area contributed by atoms with Crippen LogP contribution in [0.3, 0.4) is 0 Å². The van der Waals surface area contributed by atoms with Gasteiger partial charge >= 0.3 is 0 Å². The van der Waals surface area contributed by atoms with Crippen molar-refractivity contribution in [2.45, 2.75) is 63.5 Å². The van der Waals surface area contributed by atoms with Gasteiger partial charge in [-0.3, -0.25) is 9.97 Å². The first-order valence-corrected chi connectivity index (χ1v) is 8.82. The molecule has 4 rings (SSSR count). The molecule has 2 heterocycles. The van der Waals surface area contributed by atoms with Crippen LogP contribution in [0.5, 0.6) is 0 Å². The molecule has 0 radical (unpaired) electrons. The van der Waals surface area contributed by atoms with Crippen molar-refractivity contribution in [3.63, 3.8) is 0 Å². The molecule has 4 nitrogen and oxygen atoms in total. The van der Waals surface area contributed by atoms with E-state index in [0.29, 0.717) is 17.0 Å². The summed E-state index contributed by atoms with van der Waals surface area (Å²) in [5, 5.41) is 14.9. The lowest BCUT2D eigenvalue weighted by Gasteiger charge is -2.55. The maximum absolute atomic E-state index is 14.9. The third kappa shape index (κ3) is 2.02. The lowest BCUT2D eigenvalue weighted by Crippen LogP contribution is -2.65. The second-order valence-corrected chi connectivity index (χ2v) is 8.16. The number of nitrogens with one attached hydrogen (secondary N) is 1. The van der Waals surface area contributed by atoms with E-state index in [1.54, 1.807) is 18.5 Å². The van der Waals surface area contributed by atoms with Crippen molar-refractivity contribution >= 4 is 5.69 Å². The zero-order valence-electron chi connectivity index (χ0n) is 15.2. The molecule has 1 aliphatic heterocycles. The third-order valence-electron chi connectivity index (χ3n) is 6.45. The zero-order valence-corrected chi connectivity index (χ0v) is 15.2. The molecule has 1 aliphatic carbocycles. The van der Waals surface area contributed by atoms with Crippen LogP contribution in [0.15, 0.2) is 24.5 Å². The van der Waals surface area contributed by atoms with Crippen LogP contribution in [-0.4, -0.2) is 26.2 Å². The molecule has 0 saturated heterocycles. The normalized spacial score (nSPS) is 29.7. The minimum Gasteiger partial charge on any atom is -0.387 e. The van der Waals surface area contributed by atoms with Crippen LogP contribution in [0.25, 0.3) is 11.3 Å². The van der Waals surface area contributed by atoms with Crippen LogP contribution in [0.1, 0.15) is 51.3 Å². The van der Waals surface area contributed by atoms with Gasteiger partial charge in [-0.25, -0.2) is 4.39 Å². The second kappa shape index (κ2) is 5.01. The Bertz CT molecular complexity index is 866. The summed E-state index contributed by atoms with van der Waals surface area (Å²) in [6, 6.07) is 3.41. The Balaban J connectivity index is 1.97. The van der Waals surface area contributed by atoms with Gasteiger partial charge in [0.2, 0.25) is 0 Å². The van der Waals surface area contributed by atoms with Crippen LogP contribution < -0.4 is 5.32 Å². The predicted molar refractivity (Wildman–Crippen MR) is 96.0 cm³/mol. The van der Waals surface area contributed by atoms with Crippen molar-refractivity contribution < 1.29 is 9.50 Å². The summed E-state index contributed by atoms with van der Waals surface area (Å²) in [5.41, 5.74) is 1.60. The van der Waals surface area contributed by atoms with Crippen molar-refractivity contribution in [2.75, 3.05) is 5.32 Å². The minimum atomic E-state index is -0.875. The topological polar surface area (TPSA) is 58.0 Å². The zero-order chi connectivity index (χ0) is 18.0. The van der Waals surface area contributed by atoms with E-state index in [4.69, 9.17) is 0 Å². The monoisotopic (exact) mass is 341 g/mol. The number of nitrogens with zero attached hydrogens (tertiary/aromatic N) is 2. The van der Waals surface area contributed by atoms with Crippen LogP contribution in [0.4, 0.5) is 10.1 Å². The summed E-state index contributed by atoms with van der Waals surface area (Å²) in [6.45, 7) is 7.93. The van der Waals surface area contributed by atoms with Gasteiger partial charge in [0, 0.05) is 29.1 Å². The average Bonchev–Trinajstić information content (AvgIpc) is 2.86. The van der Waals surface area contributed by atoms with Crippen LogP contribution in [0.2, 0.25) is 0 Å². The highest BCUT2D eigenvalue weighted by Crippen LogP contribution is 2.59. The number of hydrogen-bond donors (Lipinski definition) is 2. The van der Waals surface area contributed by atoms with Gasteiger partial charge in [-0.1, -0.05) is 6.92 Å². The van der Waals surface area contributed by atoms with Gasteiger partial charge in [-0.15, -0.1) is 0 Å². The van der Waals surface area contributed by atoms with E-state index in [0.717, 1.165) is 30.5 Å². The molecule has 1 fully saturated rings. The van der Waals surface area contributed by atoms with E-state index in [9.17, 15) is 9.50 Å². The van der Waals surface area contributed by atoms with E-state index in [1.807, 2.05) is 26.8 Å². The summed E-state index contributed by atoms with van der Waals surface area (Å²) in [5.74, 6) is -0.322. The Kier molecular flexibility index (Phi) is 3.30. The molecule has 2 N–H and O–H groups in total. The lowest BCUT2D eigenvalue weighted by atomic mass is 9.60. The van der Waals surface area contributed by atoms with Crippen molar-refractivity contribution in [1.82, 2.24) is 9.97 Å². The quantitative estimate of drug-likeness (QED) is 0.824. The Morgan fingerprint density at radius 3 is 2.56 bits per heavy atom. The predicted octanol–water partition coefficient (Wildman–Crippen LogP) is 3.97. The molecule has 0 amide bonds.